The Kier molecular flexibility index (Phi) is 3.79. The van der Waals surface area contributed by atoms with Crippen molar-refractivity contribution in [2.75, 3.05) is 13.1 Å². The quantitative estimate of drug-likeness (QED) is 0.919. The summed E-state index contributed by atoms with van der Waals surface area (Å²) in [5.74, 6) is 1.07. The molecule has 1 aliphatic heterocycles. The van der Waals surface area contributed by atoms with Gasteiger partial charge in [-0.3, -0.25) is 4.79 Å². The summed E-state index contributed by atoms with van der Waals surface area (Å²) in [4.78, 5) is 18.8. The van der Waals surface area contributed by atoms with Crippen molar-refractivity contribution >= 4 is 17.2 Å². The van der Waals surface area contributed by atoms with Crippen LogP contribution in [0.5, 0.6) is 0 Å². The number of thiophene rings is 1. The molecule has 0 bridgehead atoms. The Morgan fingerprint density at radius 1 is 1.60 bits per heavy atom. The van der Waals surface area contributed by atoms with E-state index in [4.69, 9.17) is 4.52 Å². The molecule has 6 nitrogen and oxygen atoms in total. The number of aliphatic hydroxyl groups excluding tert-OH is 1. The van der Waals surface area contributed by atoms with Crippen LogP contribution in [-0.4, -0.2) is 45.2 Å². The molecule has 2 aromatic heterocycles. The molecule has 1 atom stereocenters. The summed E-state index contributed by atoms with van der Waals surface area (Å²) in [6.45, 7) is 1.06. The second-order valence-corrected chi connectivity index (χ2v) is 5.72. The van der Waals surface area contributed by atoms with Crippen LogP contribution < -0.4 is 0 Å². The van der Waals surface area contributed by atoms with Gasteiger partial charge in [-0.05, 0) is 17.9 Å². The number of likely N-dealkylation sites (tertiary alicyclic amines) is 1. The lowest BCUT2D eigenvalue weighted by Gasteiger charge is -2.14. The molecule has 1 amide bonds. The number of nitrogens with zero attached hydrogens (tertiary/aromatic N) is 3. The van der Waals surface area contributed by atoms with Crippen LogP contribution in [0.15, 0.2) is 22.0 Å². The van der Waals surface area contributed by atoms with E-state index in [0.717, 1.165) is 4.88 Å². The van der Waals surface area contributed by atoms with Crippen LogP contribution in [0.25, 0.3) is 10.7 Å². The van der Waals surface area contributed by atoms with Gasteiger partial charge in [0.05, 0.1) is 11.0 Å². The van der Waals surface area contributed by atoms with Crippen molar-refractivity contribution in [3.8, 4) is 10.7 Å². The van der Waals surface area contributed by atoms with E-state index >= 15 is 0 Å². The van der Waals surface area contributed by atoms with E-state index in [1.54, 1.807) is 16.2 Å². The van der Waals surface area contributed by atoms with Gasteiger partial charge >= 0.3 is 0 Å². The molecule has 2 aromatic rings. The number of carbonyl (C=O) groups is 1. The highest BCUT2D eigenvalue weighted by Gasteiger charge is 2.24. The predicted octanol–water partition coefficient (Wildman–Crippen LogP) is 1.32. The van der Waals surface area contributed by atoms with Gasteiger partial charge in [0.2, 0.25) is 17.6 Å². The molecule has 0 unspecified atom stereocenters. The first-order valence-corrected chi connectivity index (χ1v) is 7.42. The molecule has 7 heteroatoms. The molecule has 0 saturated carbocycles. The van der Waals surface area contributed by atoms with Crippen molar-refractivity contribution in [1.29, 1.82) is 0 Å². The summed E-state index contributed by atoms with van der Waals surface area (Å²) < 4.78 is 5.15. The van der Waals surface area contributed by atoms with Gasteiger partial charge in [-0.25, -0.2) is 0 Å². The van der Waals surface area contributed by atoms with E-state index < -0.39 is 0 Å². The second kappa shape index (κ2) is 5.72. The molecule has 1 N–H and O–H groups in total. The molecular formula is C13H15N3O3S. The zero-order valence-electron chi connectivity index (χ0n) is 10.9. The second-order valence-electron chi connectivity index (χ2n) is 4.77. The number of amides is 1. The minimum absolute atomic E-state index is 0.0254. The average Bonchev–Trinajstić information content (AvgIpc) is 3.16. The number of rotatable bonds is 4. The fourth-order valence-electron chi connectivity index (χ4n) is 2.20. The Bertz CT molecular complexity index is 581. The van der Waals surface area contributed by atoms with Gasteiger partial charge < -0.3 is 14.5 Å². The van der Waals surface area contributed by atoms with E-state index in [2.05, 4.69) is 10.1 Å². The molecule has 0 radical (unpaired) electrons. The molecule has 3 rings (SSSR count). The first kappa shape index (κ1) is 13.3. The maximum atomic E-state index is 11.9. The van der Waals surface area contributed by atoms with Gasteiger partial charge in [0, 0.05) is 25.9 Å². The molecule has 0 aromatic carbocycles. The number of hydrogen-bond donors (Lipinski definition) is 1. The topological polar surface area (TPSA) is 79.5 Å². The first-order chi connectivity index (χ1) is 9.72. The van der Waals surface area contributed by atoms with Crippen molar-refractivity contribution in [2.45, 2.75) is 25.4 Å². The standard InChI is InChI=1S/C13H15N3O3S/c17-9-5-6-16(8-9)12(18)4-3-11-14-13(15-19-11)10-2-1-7-20-10/h1-2,7,9,17H,3-6,8H2/t9-/m0/s1. The largest absolute Gasteiger partial charge is 0.391 e. The van der Waals surface area contributed by atoms with Crippen molar-refractivity contribution < 1.29 is 14.4 Å². The normalized spacial score (nSPS) is 18.6. The summed E-state index contributed by atoms with van der Waals surface area (Å²) in [6.07, 6.45) is 1.05. The zero-order chi connectivity index (χ0) is 13.9. The fraction of sp³-hybridized carbons (Fsp3) is 0.462. The van der Waals surface area contributed by atoms with E-state index in [-0.39, 0.29) is 12.0 Å². The van der Waals surface area contributed by atoms with Crippen molar-refractivity contribution in [3.63, 3.8) is 0 Å². The first-order valence-electron chi connectivity index (χ1n) is 6.54. The van der Waals surface area contributed by atoms with Crippen LogP contribution in [0.3, 0.4) is 0 Å². The summed E-state index contributed by atoms with van der Waals surface area (Å²) in [7, 11) is 0. The molecule has 3 heterocycles. The third kappa shape index (κ3) is 2.88. The summed E-state index contributed by atoms with van der Waals surface area (Å²) in [5, 5.41) is 15.3. The fourth-order valence-corrected chi connectivity index (χ4v) is 2.85. The van der Waals surface area contributed by atoms with Gasteiger partial charge in [-0.2, -0.15) is 4.98 Å². The third-order valence-corrected chi connectivity index (χ3v) is 4.14. The summed E-state index contributed by atoms with van der Waals surface area (Å²) in [5.41, 5.74) is 0. The van der Waals surface area contributed by atoms with E-state index in [9.17, 15) is 9.90 Å². The molecule has 106 valence electrons. The molecule has 1 aliphatic rings. The molecule has 20 heavy (non-hydrogen) atoms. The maximum Gasteiger partial charge on any atom is 0.227 e. The maximum absolute atomic E-state index is 11.9. The van der Waals surface area contributed by atoms with Crippen LogP contribution in [0.4, 0.5) is 0 Å². The smallest absolute Gasteiger partial charge is 0.227 e. The Hall–Kier alpha value is -1.73. The van der Waals surface area contributed by atoms with E-state index in [1.807, 2.05) is 17.5 Å². The monoisotopic (exact) mass is 293 g/mol. The van der Waals surface area contributed by atoms with Gasteiger partial charge in [0.1, 0.15) is 0 Å². The lowest BCUT2D eigenvalue weighted by Crippen LogP contribution is -2.29. The highest BCUT2D eigenvalue weighted by atomic mass is 32.1. The Morgan fingerprint density at radius 2 is 2.50 bits per heavy atom. The number of aliphatic hydroxyl groups is 1. The average molecular weight is 293 g/mol. The molecule has 1 saturated heterocycles. The number of hydrogen-bond acceptors (Lipinski definition) is 6. The molecular weight excluding hydrogens is 278 g/mol. The Morgan fingerprint density at radius 3 is 3.20 bits per heavy atom. The molecule has 1 fully saturated rings. The van der Waals surface area contributed by atoms with Crippen molar-refractivity contribution in [2.24, 2.45) is 0 Å². The van der Waals surface area contributed by atoms with Crippen LogP contribution in [0, 0.1) is 0 Å². The molecule has 0 aliphatic carbocycles. The highest BCUT2D eigenvalue weighted by Crippen LogP contribution is 2.21. The number of β-amino-alcohol motifs (C(OH)–C–C–N with tert-alkyl or cyclic N) is 1. The van der Waals surface area contributed by atoms with Gasteiger partial charge in [-0.15, -0.1) is 11.3 Å². The highest BCUT2D eigenvalue weighted by molar-refractivity contribution is 7.13. The minimum atomic E-state index is -0.382. The van der Waals surface area contributed by atoms with E-state index in [1.165, 1.54) is 0 Å². The predicted molar refractivity (Wildman–Crippen MR) is 73.1 cm³/mol. The van der Waals surface area contributed by atoms with Crippen molar-refractivity contribution in [1.82, 2.24) is 15.0 Å². The number of aryl methyl sites for hydroxylation is 1. The zero-order valence-corrected chi connectivity index (χ0v) is 11.7. The van der Waals surface area contributed by atoms with Crippen LogP contribution in [0.2, 0.25) is 0 Å². The van der Waals surface area contributed by atoms with Gasteiger partial charge in [-0.1, -0.05) is 11.2 Å². The SMILES string of the molecule is O=C(CCc1nc(-c2cccs2)no1)N1CC[C@H](O)C1. The van der Waals surface area contributed by atoms with E-state index in [0.29, 0.717) is 44.1 Å². The molecule has 0 spiro atoms. The minimum Gasteiger partial charge on any atom is -0.391 e. The summed E-state index contributed by atoms with van der Waals surface area (Å²) >= 11 is 1.55. The Labute approximate surface area is 120 Å². The van der Waals surface area contributed by atoms with Crippen LogP contribution >= 0.6 is 11.3 Å². The lowest BCUT2D eigenvalue weighted by molar-refractivity contribution is -0.130. The Balaban J connectivity index is 1.55. The summed E-state index contributed by atoms with van der Waals surface area (Å²) in [6, 6.07) is 3.86. The third-order valence-electron chi connectivity index (χ3n) is 3.28. The van der Waals surface area contributed by atoms with Crippen LogP contribution in [0.1, 0.15) is 18.7 Å². The number of aromatic nitrogens is 2. The van der Waals surface area contributed by atoms with Gasteiger partial charge in [0.25, 0.3) is 0 Å². The van der Waals surface area contributed by atoms with Crippen molar-refractivity contribution in [3.05, 3.63) is 23.4 Å². The van der Waals surface area contributed by atoms with Gasteiger partial charge in [0.15, 0.2) is 0 Å². The lowest BCUT2D eigenvalue weighted by atomic mass is 10.3. The van der Waals surface area contributed by atoms with Crippen LogP contribution in [-0.2, 0) is 11.2 Å². The number of carbonyl (C=O) groups excluding carboxylic acids is 1.